The summed E-state index contributed by atoms with van der Waals surface area (Å²) >= 11 is 0. The van der Waals surface area contributed by atoms with Crippen molar-refractivity contribution >= 4 is 18.1 Å². The Morgan fingerprint density at radius 1 is 0.789 bits per heavy atom. The summed E-state index contributed by atoms with van der Waals surface area (Å²) in [5.74, 6) is 7.65. The number of aromatic nitrogens is 4. The SMILES string of the molecule is COC(=O)N[C@@H](C(C)C)C(O)N1CCNC[C@H]1c1ncc(-c2ccc(C#Cc3ccc(-c4cnc([C@@H]5CCCN5C(=O)[C@@H](NC(=O)OC)C(C)C)[nH]4)cc3)cc2)[nH]1. The second-order valence-corrected chi connectivity index (χ2v) is 15.1. The number of aromatic amines is 2. The smallest absolute Gasteiger partial charge is 0.407 e. The lowest BCUT2D eigenvalue weighted by molar-refractivity contribution is -0.135. The molecule has 15 heteroatoms. The number of rotatable bonds is 11. The van der Waals surface area contributed by atoms with E-state index in [1.165, 1.54) is 14.2 Å². The van der Waals surface area contributed by atoms with E-state index in [2.05, 4.69) is 47.7 Å². The van der Waals surface area contributed by atoms with Gasteiger partial charge in [0.15, 0.2) is 0 Å². The molecule has 0 bridgehead atoms. The third-order valence-electron chi connectivity index (χ3n) is 10.6. The van der Waals surface area contributed by atoms with Crippen LogP contribution in [0.2, 0.25) is 0 Å². The highest BCUT2D eigenvalue weighted by molar-refractivity contribution is 5.86. The van der Waals surface area contributed by atoms with Crippen LogP contribution in [-0.2, 0) is 14.3 Å². The summed E-state index contributed by atoms with van der Waals surface area (Å²) in [4.78, 5) is 57.4. The van der Waals surface area contributed by atoms with E-state index < -0.39 is 30.5 Å². The Bertz CT molecular complexity index is 2050. The standard InChI is InChI=1S/C42H53N9O6/c1-25(2)35(48-41(54)56-5)39(52)50-20-7-8-33(50)37-44-22-31(46-37)29-15-11-27(12-16-29)9-10-28-13-17-30(18-14-28)32-23-45-38(47-32)34-24-43-19-21-51(34)40(53)36(26(3)4)49-42(55)57-6/h11-18,22-23,25-26,33-36,40,43,53H,7-8,19-21,24H2,1-6H3,(H,44,46)(H,45,47)(H,48,54)(H,49,55)/t33-,34-,35-,36-,40?/m0/s1. The number of imidazole rings is 2. The number of aliphatic hydroxyl groups is 1. The summed E-state index contributed by atoms with van der Waals surface area (Å²) < 4.78 is 9.54. The quantitative estimate of drug-likeness (QED) is 0.118. The second-order valence-electron chi connectivity index (χ2n) is 15.1. The van der Waals surface area contributed by atoms with Crippen LogP contribution in [0.15, 0.2) is 60.9 Å². The molecule has 0 spiro atoms. The highest BCUT2D eigenvalue weighted by Gasteiger charge is 2.38. The van der Waals surface area contributed by atoms with Gasteiger partial charge < -0.3 is 45.4 Å². The molecule has 1 unspecified atom stereocenters. The molecule has 6 rings (SSSR count). The molecule has 2 aromatic heterocycles. The second kappa shape index (κ2) is 18.5. The van der Waals surface area contributed by atoms with Crippen molar-refractivity contribution in [3.05, 3.63) is 83.7 Å². The first-order valence-corrected chi connectivity index (χ1v) is 19.4. The molecule has 2 aromatic carbocycles. The van der Waals surface area contributed by atoms with Gasteiger partial charge in [-0.15, -0.1) is 0 Å². The lowest BCUT2D eigenvalue weighted by Crippen LogP contribution is -2.59. The van der Waals surface area contributed by atoms with Crippen LogP contribution in [0, 0.1) is 23.7 Å². The summed E-state index contributed by atoms with van der Waals surface area (Å²) in [7, 11) is 2.60. The molecule has 302 valence electrons. The number of methoxy groups -OCH3 is 2. The fourth-order valence-corrected chi connectivity index (χ4v) is 7.39. The van der Waals surface area contributed by atoms with Gasteiger partial charge in [0.2, 0.25) is 5.91 Å². The van der Waals surface area contributed by atoms with E-state index in [1.807, 2.05) is 81.1 Å². The van der Waals surface area contributed by atoms with Gasteiger partial charge in [-0.25, -0.2) is 19.6 Å². The molecule has 4 aromatic rings. The van der Waals surface area contributed by atoms with Crippen molar-refractivity contribution in [3.8, 4) is 34.4 Å². The van der Waals surface area contributed by atoms with Gasteiger partial charge in [0, 0.05) is 37.3 Å². The van der Waals surface area contributed by atoms with Crippen LogP contribution in [0.1, 0.15) is 75.4 Å². The molecule has 5 atom stereocenters. The molecular formula is C42H53N9O6. The van der Waals surface area contributed by atoms with E-state index in [4.69, 9.17) is 9.47 Å². The Kier molecular flexibility index (Phi) is 13.3. The summed E-state index contributed by atoms with van der Waals surface area (Å²) in [6, 6.07) is 14.2. The third kappa shape index (κ3) is 9.65. The minimum absolute atomic E-state index is 0.0307. The number of H-pyrrole nitrogens is 2. The molecule has 0 saturated carbocycles. The van der Waals surface area contributed by atoms with Crippen molar-refractivity contribution in [2.24, 2.45) is 11.8 Å². The van der Waals surface area contributed by atoms with Crippen LogP contribution in [0.25, 0.3) is 22.5 Å². The normalized spacial score (nSPS) is 18.7. The molecule has 2 aliphatic rings. The number of carbonyl (C=O) groups excluding carboxylic acids is 3. The minimum Gasteiger partial charge on any atom is -0.453 e. The fourth-order valence-electron chi connectivity index (χ4n) is 7.39. The summed E-state index contributed by atoms with van der Waals surface area (Å²) in [6.07, 6.45) is 3.06. The summed E-state index contributed by atoms with van der Waals surface area (Å²) in [5, 5.41) is 20.3. The monoisotopic (exact) mass is 779 g/mol. The van der Waals surface area contributed by atoms with E-state index in [0.717, 1.165) is 52.3 Å². The fraction of sp³-hybridized carbons (Fsp3) is 0.452. The van der Waals surface area contributed by atoms with Crippen molar-refractivity contribution in [2.75, 3.05) is 40.4 Å². The minimum atomic E-state index is -0.938. The first kappa shape index (κ1) is 41.0. The summed E-state index contributed by atoms with van der Waals surface area (Å²) in [5.41, 5.74) is 5.31. The molecule has 3 amide bonds. The van der Waals surface area contributed by atoms with Gasteiger partial charge in [-0.3, -0.25) is 9.69 Å². The largest absolute Gasteiger partial charge is 0.453 e. The van der Waals surface area contributed by atoms with E-state index >= 15 is 0 Å². The lowest BCUT2D eigenvalue weighted by Gasteiger charge is -2.42. The van der Waals surface area contributed by atoms with E-state index in [1.54, 1.807) is 17.3 Å². The third-order valence-corrected chi connectivity index (χ3v) is 10.6. The maximum absolute atomic E-state index is 13.5. The molecule has 15 nitrogen and oxygen atoms in total. The van der Waals surface area contributed by atoms with Crippen LogP contribution in [0.5, 0.6) is 0 Å². The maximum Gasteiger partial charge on any atom is 0.407 e. The molecule has 0 aliphatic carbocycles. The Morgan fingerprint density at radius 2 is 1.33 bits per heavy atom. The number of nitrogens with one attached hydrogen (secondary N) is 5. The van der Waals surface area contributed by atoms with E-state index in [9.17, 15) is 19.5 Å². The average molecular weight is 780 g/mol. The number of benzene rings is 2. The van der Waals surface area contributed by atoms with Gasteiger partial charge in [0.25, 0.3) is 0 Å². The van der Waals surface area contributed by atoms with Crippen LogP contribution < -0.4 is 16.0 Å². The highest BCUT2D eigenvalue weighted by atomic mass is 16.5. The van der Waals surface area contributed by atoms with Crippen molar-refractivity contribution in [3.63, 3.8) is 0 Å². The van der Waals surface area contributed by atoms with Crippen LogP contribution in [-0.4, -0.2) is 112 Å². The zero-order valence-electron chi connectivity index (χ0n) is 33.3. The van der Waals surface area contributed by atoms with Gasteiger partial charge in [-0.2, -0.15) is 0 Å². The maximum atomic E-state index is 13.5. The van der Waals surface area contributed by atoms with Gasteiger partial charge in [-0.1, -0.05) is 63.8 Å². The number of piperazine rings is 1. The Balaban J connectivity index is 1.08. The van der Waals surface area contributed by atoms with Crippen LogP contribution >= 0.6 is 0 Å². The van der Waals surface area contributed by atoms with Crippen LogP contribution in [0.4, 0.5) is 9.59 Å². The molecule has 6 N–H and O–H groups in total. The Hall–Kier alpha value is -5.69. The number of hydrogen-bond acceptors (Lipinski definition) is 10. The predicted octanol–water partition coefficient (Wildman–Crippen LogP) is 4.56. The average Bonchev–Trinajstić information content (AvgIpc) is 4.03. The van der Waals surface area contributed by atoms with Gasteiger partial charge in [0.1, 0.15) is 23.9 Å². The number of hydrogen-bond donors (Lipinski definition) is 6. The number of alkyl carbamates (subject to hydrolysis) is 2. The molecule has 4 heterocycles. The van der Waals surface area contributed by atoms with Crippen molar-refractivity contribution in [2.45, 2.75) is 70.9 Å². The number of likely N-dealkylation sites (tertiary alicyclic amines) is 1. The van der Waals surface area contributed by atoms with Crippen molar-refractivity contribution in [1.82, 2.24) is 45.7 Å². The number of ether oxygens (including phenoxy) is 2. The molecule has 2 saturated heterocycles. The molecular weight excluding hydrogens is 727 g/mol. The molecule has 57 heavy (non-hydrogen) atoms. The van der Waals surface area contributed by atoms with Crippen molar-refractivity contribution < 1.29 is 29.0 Å². The van der Waals surface area contributed by atoms with E-state index in [-0.39, 0.29) is 29.8 Å². The lowest BCUT2D eigenvalue weighted by atomic mass is 10.00. The first-order chi connectivity index (χ1) is 27.5. The van der Waals surface area contributed by atoms with Crippen molar-refractivity contribution in [1.29, 1.82) is 0 Å². The van der Waals surface area contributed by atoms with Gasteiger partial charge in [-0.05, 0) is 60.1 Å². The summed E-state index contributed by atoms with van der Waals surface area (Å²) in [6.45, 7) is 10.1. The molecule has 2 aliphatic heterocycles. The highest BCUT2D eigenvalue weighted by Crippen LogP contribution is 2.33. The molecule has 0 radical (unpaired) electrons. The predicted molar refractivity (Wildman–Crippen MR) is 214 cm³/mol. The van der Waals surface area contributed by atoms with Gasteiger partial charge >= 0.3 is 12.2 Å². The topological polar surface area (TPSA) is 190 Å². The first-order valence-electron chi connectivity index (χ1n) is 19.4. The van der Waals surface area contributed by atoms with Gasteiger partial charge in [0.05, 0.1) is 56.1 Å². The number of aliphatic hydroxyl groups excluding tert-OH is 1. The molecule has 2 fully saturated rings. The zero-order chi connectivity index (χ0) is 40.6. The number of carbonyl (C=O) groups is 3. The Labute approximate surface area is 333 Å². The zero-order valence-corrected chi connectivity index (χ0v) is 33.3. The number of amides is 3. The van der Waals surface area contributed by atoms with E-state index in [0.29, 0.717) is 32.0 Å². The number of nitrogens with zero attached hydrogens (tertiary/aromatic N) is 4. The van der Waals surface area contributed by atoms with Crippen LogP contribution in [0.3, 0.4) is 0 Å². The Morgan fingerprint density at radius 3 is 1.86 bits per heavy atom.